The molecule has 0 saturated carbocycles. The predicted molar refractivity (Wildman–Crippen MR) is 87.3 cm³/mol. The largest absolute Gasteiger partial charge is 0.488 e. The molecule has 1 unspecified atom stereocenters. The maximum Gasteiger partial charge on any atom is 0.134 e. The Balaban J connectivity index is 2.05. The van der Waals surface area contributed by atoms with Crippen LogP contribution < -0.4 is 10.5 Å². The molecular formula is C16H17BrClNO. The summed E-state index contributed by atoms with van der Waals surface area (Å²) in [6.07, 6.45) is 0.851. The van der Waals surface area contributed by atoms with Gasteiger partial charge >= 0.3 is 0 Å². The zero-order chi connectivity index (χ0) is 14.5. The van der Waals surface area contributed by atoms with Crippen molar-refractivity contribution in [1.82, 2.24) is 0 Å². The van der Waals surface area contributed by atoms with Crippen LogP contribution in [0.4, 0.5) is 0 Å². The smallest absolute Gasteiger partial charge is 0.134 e. The first kappa shape index (κ1) is 15.4. The lowest BCUT2D eigenvalue weighted by Gasteiger charge is -2.11. The first-order valence-corrected chi connectivity index (χ1v) is 7.63. The monoisotopic (exact) mass is 353 g/mol. The molecule has 4 heteroatoms. The summed E-state index contributed by atoms with van der Waals surface area (Å²) < 4.78 is 6.73. The van der Waals surface area contributed by atoms with E-state index in [1.165, 1.54) is 5.56 Å². The second kappa shape index (κ2) is 7.11. The number of ether oxygens (including phenoxy) is 1. The number of hydrogen-bond acceptors (Lipinski definition) is 2. The van der Waals surface area contributed by atoms with E-state index in [2.05, 4.69) is 15.9 Å². The highest BCUT2D eigenvalue weighted by Crippen LogP contribution is 2.28. The molecule has 0 fully saturated rings. The quantitative estimate of drug-likeness (QED) is 0.853. The molecule has 0 bridgehead atoms. The molecule has 0 aliphatic rings. The number of halogens is 2. The Kier molecular flexibility index (Phi) is 5.46. The van der Waals surface area contributed by atoms with Crippen LogP contribution in [0.15, 0.2) is 46.9 Å². The molecule has 0 saturated heterocycles. The molecule has 20 heavy (non-hydrogen) atoms. The van der Waals surface area contributed by atoms with Crippen molar-refractivity contribution in [2.45, 2.75) is 26.0 Å². The van der Waals surface area contributed by atoms with E-state index in [1.807, 2.05) is 49.4 Å². The molecule has 0 amide bonds. The van der Waals surface area contributed by atoms with Gasteiger partial charge in [0, 0.05) is 16.6 Å². The Hall–Kier alpha value is -1.03. The average Bonchev–Trinajstić information content (AvgIpc) is 2.39. The Morgan fingerprint density at radius 2 is 2.00 bits per heavy atom. The van der Waals surface area contributed by atoms with E-state index in [0.717, 1.165) is 27.2 Å². The van der Waals surface area contributed by atoms with Crippen molar-refractivity contribution < 1.29 is 4.74 Å². The highest BCUT2D eigenvalue weighted by molar-refractivity contribution is 9.10. The molecular weight excluding hydrogens is 338 g/mol. The molecule has 0 aliphatic heterocycles. The zero-order valence-electron chi connectivity index (χ0n) is 11.3. The molecule has 0 heterocycles. The molecule has 0 aliphatic carbocycles. The van der Waals surface area contributed by atoms with Gasteiger partial charge in [0.25, 0.3) is 0 Å². The van der Waals surface area contributed by atoms with Crippen molar-refractivity contribution in [3.8, 4) is 5.75 Å². The van der Waals surface area contributed by atoms with Gasteiger partial charge in [-0.25, -0.2) is 0 Å². The Morgan fingerprint density at radius 1 is 1.25 bits per heavy atom. The highest BCUT2D eigenvalue weighted by Gasteiger charge is 2.06. The van der Waals surface area contributed by atoms with E-state index in [1.54, 1.807) is 0 Å². The number of rotatable bonds is 5. The van der Waals surface area contributed by atoms with Crippen molar-refractivity contribution >= 4 is 27.5 Å². The number of hydrogen-bond donors (Lipinski definition) is 1. The summed E-state index contributed by atoms with van der Waals surface area (Å²) in [6, 6.07) is 13.9. The van der Waals surface area contributed by atoms with Gasteiger partial charge in [0.1, 0.15) is 12.4 Å². The molecule has 106 valence electrons. The topological polar surface area (TPSA) is 35.2 Å². The van der Waals surface area contributed by atoms with E-state index < -0.39 is 0 Å². The summed E-state index contributed by atoms with van der Waals surface area (Å²) in [7, 11) is 0. The fraction of sp³-hybridized carbons (Fsp3) is 0.250. The Labute approximate surface area is 133 Å². The summed E-state index contributed by atoms with van der Waals surface area (Å²) in [5.41, 5.74) is 7.97. The molecule has 2 rings (SSSR count). The normalized spacial score (nSPS) is 12.2. The minimum Gasteiger partial charge on any atom is -0.488 e. The van der Waals surface area contributed by atoms with Crippen LogP contribution in [0.1, 0.15) is 18.1 Å². The standard InChI is InChI=1S/C16H17BrClNO/c1-11(19)8-12-6-7-16(14(17)9-12)20-10-13-4-2-3-5-15(13)18/h2-7,9,11H,8,10,19H2,1H3. The summed E-state index contributed by atoms with van der Waals surface area (Å²) in [6.45, 7) is 2.45. The lowest BCUT2D eigenvalue weighted by atomic mass is 10.1. The van der Waals surface area contributed by atoms with Crippen LogP contribution in [0, 0.1) is 0 Å². The third-order valence-electron chi connectivity index (χ3n) is 2.89. The maximum absolute atomic E-state index is 6.11. The van der Waals surface area contributed by atoms with Crippen molar-refractivity contribution in [2.24, 2.45) is 5.73 Å². The average molecular weight is 355 g/mol. The number of nitrogens with two attached hydrogens (primary N) is 1. The van der Waals surface area contributed by atoms with Crippen LogP contribution in [-0.4, -0.2) is 6.04 Å². The molecule has 0 radical (unpaired) electrons. The minimum atomic E-state index is 0.150. The lowest BCUT2D eigenvalue weighted by molar-refractivity contribution is 0.304. The molecule has 1 atom stereocenters. The van der Waals surface area contributed by atoms with E-state index in [-0.39, 0.29) is 6.04 Å². The van der Waals surface area contributed by atoms with Crippen LogP contribution in [0.3, 0.4) is 0 Å². The summed E-state index contributed by atoms with van der Waals surface area (Å²) in [5, 5.41) is 0.720. The highest BCUT2D eigenvalue weighted by atomic mass is 79.9. The fourth-order valence-electron chi connectivity index (χ4n) is 1.93. The van der Waals surface area contributed by atoms with E-state index in [0.29, 0.717) is 6.61 Å². The van der Waals surface area contributed by atoms with Gasteiger partial charge in [-0.05, 0) is 53.0 Å². The molecule has 2 aromatic carbocycles. The van der Waals surface area contributed by atoms with Gasteiger partial charge in [-0.3, -0.25) is 0 Å². The van der Waals surface area contributed by atoms with E-state index in [4.69, 9.17) is 22.1 Å². The van der Waals surface area contributed by atoms with Gasteiger partial charge in [0.05, 0.1) is 4.47 Å². The summed E-state index contributed by atoms with van der Waals surface area (Å²) in [4.78, 5) is 0. The second-order valence-electron chi connectivity index (χ2n) is 4.83. The van der Waals surface area contributed by atoms with Gasteiger partial charge < -0.3 is 10.5 Å². The van der Waals surface area contributed by atoms with Crippen molar-refractivity contribution in [3.05, 3.63) is 63.1 Å². The summed E-state index contributed by atoms with van der Waals surface area (Å²) in [5.74, 6) is 0.804. The maximum atomic E-state index is 6.11. The van der Waals surface area contributed by atoms with E-state index in [9.17, 15) is 0 Å². The SMILES string of the molecule is CC(N)Cc1ccc(OCc2ccccc2Cl)c(Br)c1. The van der Waals surface area contributed by atoms with Crippen LogP contribution in [-0.2, 0) is 13.0 Å². The van der Waals surface area contributed by atoms with Crippen molar-refractivity contribution in [3.63, 3.8) is 0 Å². The summed E-state index contributed by atoms with van der Waals surface area (Å²) >= 11 is 9.64. The van der Waals surface area contributed by atoms with Gasteiger partial charge in [0.2, 0.25) is 0 Å². The first-order valence-electron chi connectivity index (χ1n) is 6.46. The first-order chi connectivity index (χ1) is 9.56. The third-order valence-corrected chi connectivity index (χ3v) is 3.88. The van der Waals surface area contributed by atoms with Gasteiger partial charge in [0.15, 0.2) is 0 Å². The van der Waals surface area contributed by atoms with Crippen LogP contribution in [0.25, 0.3) is 0 Å². The predicted octanol–water partition coefficient (Wildman–Crippen LogP) is 4.57. The van der Waals surface area contributed by atoms with Crippen molar-refractivity contribution in [1.29, 1.82) is 0 Å². The van der Waals surface area contributed by atoms with Gasteiger partial charge in [-0.15, -0.1) is 0 Å². The second-order valence-corrected chi connectivity index (χ2v) is 6.09. The molecule has 2 aromatic rings. The van der Waals surface area contributed by atoms with Crippen LogP contribution >= 0.6 is 27.5 Å². The Morgan fingerprint density at radius 3 is 2.65 bits per heavy atom. The number of benzene rings is 2. The zero-order valence-corrected chi connectivity index (χ0v) is 13.6. The van der Waals surface area contributed by atoms with Gasteiger partial charge in [-0.1, -0.05) is 35.9 Å². The van der Waals surface area contributed by atoms with Gasteiger partial charge in [-0.2, -0.15) is 0 Å². The molecule has 2 nitrogen and oxygen atoms in total. The lowest BCUT2D eigenvalue weighted by Crippen LogP contribution is -2.17. The van der Waals surface area contributed by atoms with Crippen molar-refractivity contribution in [2.75, 3.05) is 0 Å². The molecule has 2 N–H and O–H groups in total. The van der Waals surface area contributed by atoms with Crippen LogP contribution in [0.5, 0.6) is 5.75 Å². The van der Waals surface area contributed by atoms with E-state index >= 15 is 0 Å². The minimum absolute atomic E-state index is 0.150. The fourth-order valence-corrected chi connectivity index (χ4v) is 2.66. The molecule has 0 spiro atoms. The molecule has 0 aromatic heterocycles. The van der Waals surface area contributed by atoms with Crippen LogP contribution in [0.2, 0.25) is 5.02 Å². The third kappa shape index (κ3) is 4.23. The Bertz CT molecular complexity index is 586.